The van der Waals surface area contributed by atoms with Crippen LogP contribution in [0.15, 0.2) is 29.2 Å². The van der Waals surface area contributed by atoms with Crippen molar-refractivity contribution in [3.05, 3.63) is 35.7 Å². The van der Waals surface area contributed by atoms with Gasteiger partial charge in [-0.15, -0.1) is 0 Å². The van der Waals surface area contributed by atoms with Crippen molar-refractivity contribution >= 4 is 15.5 Å². The molecule has 0 saturated carbocycles. The quantitative estimate of drug-likeness (QED) is 0.938. The number of hydrogen-bond acceptors (Lipinski definition) is 4. The van der Waals surface area contributed by atoms with Crippen LogP contribution >= 0.6 is 0 Å². The third kappa shape index (κ3) is 2.56. The number of nitrogens with zero attached hydrogens (tertiary/aromatic N) is 2. The molecule has 0 radical (unpaired) electrons. The van der Waals surface area contributed by atoms with E-state index in [1.54, 1.807) is 28.9 Å². The Kier molecular flexibility index (Phi) is 3.85. The monoisotopic (exact) mass is 293 g/mol. The number of hydrogen-bond donors (Lipinski definition) is 1. The van der Waals surface area contributed by atoms with Gasteiger partial charge < -0.3 is 5.73 Å². The van der Waals surface area contributed by atoms with Gasteiger partial charge in [0.25, 0.3) is 0 Å². The molecule has 2 aromatic rings. The summed E-state index contributed by atoms with van der Waals surface area (Å²) in [6.07, 6.45) is 0.609. The highest BCUT2D eigenvalue weighted by molar-refractivity contribution is 7.91. The maximum Gasteiger partial charge on any atom is 0.178 e. The van der Waals surface area contributed by atoms with Gasteiger partial charge in [-0.05, 0) is 44.5 Å². The maximum absolute atomic E-state index is 12.0. The topological polar surface area (TPSA) is 78.0 Å². The molecule has 0 fully saturated rings. The fourth-order valence-electron chi connectivity index (χ4n) is 2.09. The third-order valence-corrected chi connectivity index (χ3v) is 5.20. The zero-order valence-electron chi connectivity index (χ0n) is 11.9. The summed E-state index contributed by atoms with van der Waals surface area (Å²) in [5.74, 6) is 0.166. The van der Waals surface area contributed by atoms with Crippen LogP contribution in [0.5, 0.6) is 0 Å². The fourth-order valence-corrected chi connectivity index (χ4v) is 3.41. The van der Waals surface area contributed by atoms with E-state index in [-0.39, 0.29) is 5.75 Å². The molecule has 0 aliphatic carbocycles. The van der Waals surface area contributed by atoms with Crippen molar-refractivity contribution in [3.8, 4) is 5.69 Å². The van der Waals surface area contributed by atoms with Crippen LogP contribution in [0.3, 0.4) is 0 Å². The van der Waals surface area contributed by atoms with E-state index in [4.69, 9.17) is 5.73 Å². The van der Waals surface area contributed by atoms with E-state index >= 15 is 0 Å². The summed E-state index contributed by atoms with van der Waals surface area (Å²) < 4.78 is 25.6. The molecule has 0 bridgehead atoms. The zero-order valence-corrected chi connectivity index (χ0v) is 12.7. The largest absolute Gasteiger partial charge is 0.396 e. The minimum atomic E-state index is -3.18. The highest BCUT2D eigenvalue weighted by Crippen LogP contribution is 2.21. The molecule has 0 unspecified atom stereocenters. The van der Waals surface area contributed by atoms with Crippen LogP contribution < -0.4 is 5.73 Å². The van der Waals surface area contributed by atoms with E-state index in [0.29, 0.717) is 17.0 Å². The van der Waals surface area contributed by atoms with Gasteiger partial charge in [0.05, 0.1) is 33.4 Å². The van der Waals surface area contributed by atoms with Gasteiger partial charge >= 0.3 is 0 Å². The van der Waals surface area contributed by atoms with Crippen molar-refractivity contribution in [2.75, 3.05) is 11.5 Å². The van der Waals surface area contributed by atoms with Gasteiger partial charge in [-0.3, -0.25) is 0 Å². The molecule has 0 spiro atoms. The van der Waals surface area contributed by atoms with Gasteiger partial charge in [0.15, 0.2) is 9.84 Å². The van der Waals surface area contributed by atoms with E-state index < -0.39 is 9.84 Å². The minimum absolute atomic E-state index is 0.166. The van der Waals surface area contributed by atoms with Crippen molar-refractivity contribution < 1.29 is 8.42 Å². The third-order valence-electron chi connectivity index (χ3n) is 3.26. The molecule has 0 saturated heterocycles. The van der Waals surface area contributed by atoms with E-state index in [0.717, 1.165) is 17.1 Å². The number of benzene rings is 1. The first-order valence-corrected chi connectivity index (χ1v) is 8.17. The molecule has 1 heterocycles. The summed E-state index contributed by atoms with van der Waals surface area (Å²) in [6.45, 7) is 5.58. The van der Waals surface area contributed by atoms with Gasteiger partial charge in [0, 0.05) is 0 Å². The molecule has 6 heteroatoms. The average Bonchev–Trinajstić information content (AvgIpc) is 2.67. The number of nitrogens with two attached hydrogens (primary N) is 1. The van der Waals surface area contributed by atoms with Gasteiger partial charge in [0.1, 0.15) is 0 Å². The van der Waals surface area contributed by atoms with Crippen LogP contribution in [0, 0.1) is 13.8 Å². The van der Waals surface area contributed by atoms with E-state index in [1.165, 1.54) is 0 Å². The van der Waals surface area contributed by atoms with E-state index in [1.807, 2.05) is 20.8 Å². The van der Waals surface area contributed by atoms with E-state index in [9.17, 15) is 8.42 Å². The Morgan fingerprint density at radius 3 is 2.25 bits per heavy atom. The number of sulfone groups is 1. The molecule has 0 atom stereocenters. The van der Waals surface area contributed by atoms with Crippen molar-refractivity contribution in [2.24, 2.45) is 0 Å². The van der Waals surface area contributed by atoms with Crippen LogP contribution in [-0.2, 0) is 9.84 Å². The van der Waals surface area contributed by atoms with Crippen molar-refractivity contribution in [2.45, 2.75) is 32.1 Å². The van der Waals surface area contributed by atoms with Crippen LogP contribution in [0.2, 0.25) is 0 Å². The highest BCUT2D eigenvalue weighted by Gasteiger charge is 2.14. The Labute approximate surface area is 119 Å². The normalized spacial score (nSPS) is 11.8. The molecule has 20 heavy (non-hydrogen) atoms. The second kappa shape index (κ2) is 5.28. The minimum Gasteiger partial charge on any atom is -0.396 e. The molecule has 0 aliphatic rings. The Balaban J connectivity index is 2.40. The van der Waals surface area contributed by atoms with Gasteiger partial charge in [-0.2, -0.15) is 5.10 Å². The summed E-state index contributed by atoms with van der Waals surface area (Å²) in [4.78, 5) is 0.345. The molecule has 5 nitrogen and oxygen atoms in total. The van der Waals surface area contributed by atoms with Gasteiger partial charge in [0.2, 0.25) is 0 Å². The molecule has 2 rings (SSSR count). The lowest BCUT2D eigenvalue weighted by Gasteiger charge is -2.07. The SMILES string of the molecule is CCCS(=O)(=O)c1ccc(-n2nc(C)c(N)c2C)cc1. The fraction of sp³-hybridized carbons (Fsp3) is 0.357. The summed E-state index contributed by atoms with van der Waals surface area (Å²) in [5, 5.41) is 4.35. The van der Waals surface area contributed by atoms with Crippen molar-refractivity contribution in [1.29, 1.82) is 0 Å². The number of aryl methyl sites for hydroxylation is 1. The molecular weight excluding hydrogens is 274 g/mol. The molecule has 1 aromatic carbocycles. The lowest BCUT2D eigenvalue weighted by molar-refractivity contribution is 0.594. The van der Waals surface area contributed by atoms with Crippen LogP contribution in [0.25, 0.3) is 5.69 Å². The predicted octanol–water partition coefficient (Wildman–Crippen LogP) is 2.26. The van der Waals surface area contributed by atoms with Crippen molar-refractivity contribution in [1.82, 2.24) is 9.78 Å². The molecular formula is C14H19N3O2S. The first-order valence-electron chi connectivity index (χ1n) is 6.51. The lowest BCUT2D eigenvalue weighted by atomic mass is 10.3. The van der Waals surface area contributed by atoms with Crippen LogP contribution in [0.1, 0.15) is 24.7 Å². The second-order valence-electron chi connectivity index (χ2n) is 4.81. The number of anilines is 1. The van der Waals surface area contributed by atoms with Crippen LogP contribution in [0.4, 0.5) is 5.69 Å². The maximum atomic E-state index is 12.0. The summed E-state index contributed by atoms with van der Waals surface area (Å²) in [5.41, 5.74) is 8.98. The summed E-state index contributed by atoms with van der Waals surface area (Å²) in [6, 6.07) is 6.74. The second-order valence-corrected chi connectivity index (χ2v) is 6.92. The molecule has 108 valence electrons. The number of aromatic nitrogens is 2. The standard InChI is InChI=1S/C14H19N3O2S/c1-4-9-20(18,19)13-7-5-12(6-8-13)17-11(3)14(15)10(2)16-17/h5-8H,4,9,15H2,1-3H3. The van der Waals surface area contributed by atoms with Gasteiger partial charge in [-0.1, -0.05) is 6.92 Å². The van der Waals surface area contributed by atoms with Crippen LogP contribution in [-0.4, -0.2) is 24.0 Å². The smallest absolute Gasteiger partial charge is 0.178 e. The number of rotatable bonds is 4. The molecule has 0 amide bonds. The predicted molar refractivity (Wildman–Crippen MR) is 79.8 cm³/mol. The van der Waals surface area contributed by atoms with Gasteiger partial charge in [-0.25, -0.2) is 13.1 Å². The first-order chi connectivity index (χ1) is 9.36. The Morgan fingerprint density at radius 1 is 1.20 bits per heavy atom. The summed E-state index contributed by atoms with van der Waals surface area (Å²) in [7, 11) is -3.18. The Hall–Kier alpha value is -1.82. The molecule has 1 aromatic heterocycles. The molecule has 0 aliphatic heterocycles. The first kappa shape index (κ1) is 14.6. The Bertz CT molecular complexity index is 716. The molecule has 2 N–H and O–H groups in total. The average molecular weight is 293 g/mol. The zero-order chi connectivity index (χ0) is 14.9. The number of nitrogen functional groups attached to an aromatic ring is 1. The Morgan fingerprint density at radius 2 is 1.80 bits per heavy atom. The highest BCUT2D eigenvalue weighted by atomic mass is 32.2. The lowest BCUT2D eigenvalue weighted by Crippen LogP contribution is -2.06. The van der Waals surface area contributed by atoms with E-state index in [2.05, 4.69) is 5.10 Å². The summed E-state index contributed by atoms with van der Waals surface area (Å²) >= 11 is 0. The van der Waals surface area contributed by atoms with Crippen molar-refractivity contribution in [3.63, 3.8) is 0 Å².